The molecule has 20 heteroatoms. The molecular formula is C51H59Cl2N9O8S. The molecule has 4 N–H and O–H groups in total. The highest BCUT2D eigenvalue weighted by molar-refractivity contribution is 7.13. The van der Waals surface area contributed by atoms with Gasteiger partial charge in [0.15, 0.2) is 11.5 Å². The Morgan fingerprint density at radius 2 is 1.69 bits per heavy atom. The molecule has 2 aromatic heterocycles. The summed E-state index contributed by atoms with van der Waals surface area (Å²) in [5, 5.41) is 30.9. The van der Waals surface area contributed by atoms with Gasteiger partial charge >= 0.3 is 0 Å². The summed E-state index contributed by atoms with van der Waals surface area (Å²) >= 11 is 14.3. The zero-order valence-corrected chi connectivity index (χ0v) is 43.0. The third-order valence-electron chi connectivity index (χ3n) is 12.7. The second kappa shape index (κ2) is 23.3. The molecule has 376 valence electrons. The Morgan fingerprint density at radius 1 is 0.958 bits per heavy atom. The normalized spacial score (nSPS) is 16.6. The number of amides is 4. The molecule has 2 aliphatic rings. The number of nitrogens with one attached hydrogen (secondary N) is 3. The van der Waals surface area contributed by atoms with Crippen LogP contribution in [-0.4, -0.2) is 132 Å². The SMILES string of the molecule is COc1cc(Nc2c(C#N)cnc3cc(OCCCN4CCN(C(=O)CCC(=O)NC(C(=O)N5C[C@H](O)C[C@H]5C(=O)NCc5ccc(-c6scnc6C)cc5)C(C)(C)C)CC4)c(OC)cc23)c(Cl)cc1Cl. The molecule has 5 aromatic rings. The summed E-state index contributed by atoms with van der Waals surface area (Å²) in [6, 6.07) is 14.8. The fourth-order valence-corrected chi connectivity index (χ4v) is 10.0. The highest BCUT2D eigenvalue weighted by atomic mass is 35.5. The number of ether oxygens (including phenoxy) is 3. The minimum absolute atomic E-state index is 0.0234. The summed E-state index contributed by atoms with van der Waals surface area (Å²) in [5.74, 6) is -0.0935. The highest BCUT2D eigenvalue weighted by Gasteiger charge is 2.44. The molecule has 3 atom stereocenters. The molecule has 17 nitrogen and oxygen atoms in total. The van der Waals surface area contributed by atoms with Crippen LogP contribution >= 0.6 is 34.5 Å². The molecule has 0 saturated carbocycles. The van der Waals surface area contributed by atoms with Gasteiger partial charge in [-0.05, 0) is 42.0 Å². The van der Waals surface area contributed by atoms with Crippen LogP contribution in [0.2, 0.25) is 10.0 Å². The van der Waals surface area contributed by atoms with Crippen LogP contribution in [0.25, 0.3) is 21.3 Å². The van der Waals surface area contributed by atoms with E-state index in [-0.39, 0.29) is 44.2 Å². The lowest BCUT2D eigenvalue weighted by Gasteiger charge is -2.36. The largest absolute Gasteiger partial charge is 0.495 e. The maximum atomic E-state index is 14.1. The second-order valence-corrected chi connectivity index (χ2v) is 20.3. The molecular weight excluding hydrogens is 970 g/mol. The minimum atomic E-state index is -1.00. The van der Waals surface area contributed by atoms with Crippen LogP contribution in [0.5, 0.6) is 17.2 Å². The van der Waals surface area contributed by atoms with Crippen molar-refractivity contribution in [3.8, 4) is 33.8 Å². The van der Waals surface area contributed by atoms with Gasteiger partial charge in [-0.2, -0.15) is 5.26 Å². The van der Waals surface area contributed by atoms with E-state index < -0.39 is 35.4 Å². The summed E-state index contributed by atoms with van der Waals surface area (Å²) in [6.07, 6.45) is 1.21. The van der Waals surface area contributed by atoms with E-state index in [0.29, 0.717) is 94.3 Å². The lowest BCUT2D eigenvalue weighted by Crippen LogP contribution is -2.57. The van der Waals surface area contributed by atoms with Crippen molar-refractivity contribution in [1.29, 1.82) is 5.26 Å². The third-order valence-corrected chi connectivity index (χ3v) is 14.2. The zero-order valence-electron chi connectivity index (χ0n) is 40.6. The standard InChI is InChI=1S/C51H59Cl2N9O8S/c1-30-47(71-29-57-30)32-10-8-31(9-11-32)26-56-49(66)40-20-34(63)28-62(40)50(67)48(51(2,3)4)59-44(64)12-13-45(65)61-17-15-60(16-18-61)14-7-19-70-43-23-38-35(21-42(43)69-6)46(33(25-54)27-55-38)58-39-24-41(68-5)37(53)22-36(39)52/h8-11,21-24,27,29,34,40,48,63H,7,12-20,26,28H2,1-6H3,(H,55,58)(H,56,66)(H,59,64)/t34-,40+,48?/m1/s1. The van der Waals surface area contributed by atoms with Gasteiger partial charge in [-0.1, -0.05) is 68.2 Å². The number of hydrogen-bond donors (Lipinski definition) is 4. The molecule has 2 saturated heterocycles. The molecule has 4 amide bonds. The van der Waals surface area contributed by atoms with E-state index in [9.17, 15) is 29.5 Å². The summed E-state index contributed by atoms with van der Waals surface area (Å²) in [4.78, 5) is 69.6. The number of methoxy groups -OCH3 is 2. The summed E-state index contributed by atoms with van der Waals surface area (Å²) in [6.45, 7) is 11.0. The molecule has 0 bridgehead atoms. The number of rotatable bonds is 18. The van der Waals surface area contributed by atoms with E-state index >= 15 is 0 Å². The van der Waals surface area contributed by atoms with Crippen molar-refractivity contribution >= 4 is 80.4 Å². The van der Waals surface area contributed by atoms with Gasteiger partial charge in [0.1, 0.15) is 23.9 Å². The van der Waals surface area contributed by atoms with E-state index in [1.54, 1.807) is 46.0 Å². The second-order valence-electron chi connectivity index (χ2n) is 18.6. The minimum Gasteiger partial charge on any atom is -0.495 e. The molecule has 1 unspecified atom stereocenters. The average molecular weight is 1030 g/mol. The highest BCUT2D eigenvalue weighted by Crippen LogP contribution is 2.41. The number of anilines is 2. The number of thiazole rings is 1. The lowest BCUT2D eigenvalue weighted by molar-refractivity contribution is -0.144. The predicted octanol–water partition coefficient (Wildman–Crippen LogP) is 7.11. The number of fused-ring (bicyclic) bond motifs is 1. The smallest absolute Gasteiger partial charge is 0.246 e. The number of aliphatic hydroxyl groups is 1. The van der Waals surface area contributed by atoms with Crippen molar-refractivity contribution in [2.45, 2.75) is 78.1 Å². The van der Waals surface area contributed by atoms with Gasteiger partial charge in [0, 0.05) is 88.8 Å². The number of nitrogens with zero attached hydrogens (tertiary/aromatic N) is 6. The first-order valence-electron chi connectivity index (χ1n) is 23.4. The maximum Gasteiger partial charge on any atom is 0.246 e. The van der Waals surface area contributed by atoms with Crippen molar-refractivity contribution in [2.24, 2.45) is 5.41 Å². The Bertz CT molecular complexity index is 2790. The number of aryl methyl sites for hydroxylation is 1. The summed E-state index contributed by atoms with van der Waals surface area (Å²) in [7, 11) is 3.04. The van der Waals surface area contributed by atoms with E-state index in [2.05, 4.69) is 36.9 Å². The number of pyridine rings is 1. The number of nitriles is 1. The van der Waals surface area contributed by atoms with Gasteiger partial charge in [-0.3, -0.25) is 29.1 Å². The van der Waals surface area contributed by atoms with Crippen molar-refractivity contribution < 1.29 is 38.5 Å². The van der Waals surface area contributed by atoms with Crippen LogP contribution in [0, 0.1) is 23.7 Å². The fraction of sp³-hybridized carbons (Fsp3) is 0.431. The molecule has 0 aliphatic carbocycles. The van der Waals surface area contributed by atoms with Crippen molar-refractivity contribution in [2.75, 3.05) is 65.4 Å². The van der Waals surface area contributed by atoms with E-state index in [1.165, 1.54) is 25.3 Å². The molecule has 4 heterocycles. The number of carbonyl (C=O) groups excluding carboxylic acids is 4. The molecule has 2 aliphatic heterocycles. The summed E-state index contributed by atoms with van der Waals surface area (Å²) in [5.41, 5.74) is 5.76. The topological polar surface area (TPSA) is 212 Å². The monoisotopic (exact) mass is 1030 g/mol. The van der Waals surface area contributed by atoms with Crippen LogP contribution in [0.15, 0.2) is 60.2 Å². The number of β-amino-alcohol motifs (C(OH)–C–C–N with tert-alkyl or cyclic N) is 1. The molecule has 3 aromatic carbocycles. The van der Waals surface area contributed by atoms with Crippen molar-refractivity contribution in [1.82, 2.24) is 35.3 Å². The van der Waals surface area contributed by atoms with Crippen LogP contribution in [0.1, 0.15) is 63.3 Å². The Labute approximate surface area is 427 Å². The Balaban J connectivity index is 0.856. The Morgan fingerprint density at radius 3 is 2.35 bits per heavy atom. The predicted molar refractivity (Wildman–Crippen MR) is 273 cm³/mol. The number of halogens is 2. The maximum absolute atomic E-state index is 14.1. The summed E-state index contributed by atoms with van der Waals surface area (Å²) < 4.78 is 17.2. The first kappa shape index (κ1) is 52.6. The number of hydrogen-bond acceptors (Lipinski definition) is 14. The molecule has 2 fully saturated rings. The van der Waals surface area contributed by atoms with Crippen LogP contribution < -0.4 is 30.2 Å². The van der Waals surface area contributed by atoms with Gasteiger partial charge in [0.05, 0.1) is 75.5 Å². The van der Waals surface area contributed by atoms with E-state index in [4.69, 9.17) is 37.4 Å². The average Bonchev–Trinajstić information content (AvgIpc) is 3.98. The molecule has 0 radical (unpaired) electrons. The lowest BCUT2D eigenvalue weighted by atomic mass is 9.85. The van der Waals surface area contributed by atoms with E-state index in [0.717, 1.165) is 28.2 Å². The Hall–Kier alpha value is -6.23. The quantitative estimate of drug-likeness (QED) is 0.0646. The number of benzene rings is 3. The number of aromatic nitrogens is 2. The van der Waals surface area contributed by atoms with Gasteiger partial charge in [0.2, 0.25) is 23.6 Å². The molecule has 7 rings (SSSR count). The van der Waals surface area contributed by atoms with Crippen LogP contribution in [0.3, 0.4) is 0 Å². The van der Waals surface area contributed by atoms with Crippen molar-refractivity contribution in [3.63, 3.8) is 0 Å². The molecule has 71 heavy (non-hydrogen) atoms. The Kier molecular flexibility index (Phi) is 17.3. The first-order chi connectivity index (χ1) is 34.0. The zero-order chi connectivity index (χ0) is 51.0. The van der Waals surface area contributed by atoms with Crippen LogP contribution in [-0.2, 0) is 25.7 Å². The number of carbonyl (C=O) groups is 4. The third kappa shape index (κ3) is 12.8. The number of aliphatic hydroxyl groups excluding tert-OH is 1. The van der Waals surface area contributed by atoms with E-state index in [1.807, 2.05) is 52.0 Å². The molecule has 0 spiro atoms. The van der Waals surface area contributed by atoms with Gasteiger partial charge in [-0.15, -0.1) is 11.3 Å². The number of likely N-dealkylation sites (tertiary alicyclic amines) is 1. The first-order valence-corrected chi connectivity index (χ1v) is 25.0. The van der Waals surface area contributed by atoms with Gasteiger partial charge < -0.3 is 45.1 Å². The fourth-order valence-electron chi connectivity index (χ4n) is 8.69. The number of piperazine rings is 1. The van der Waals surface area contributed by atoms with Gasteiger partial charge in [-0.25, -0.2) is 4.98 Å². The van der Waals surface area contributed by atoms with Gasteiger partial charge in [0.25, 0.3) is 0 Å². The van der Waals surface area contributed by atoms with Crippen LogP contribution in [0.4, 0.5) is 11.4 Å². The van der Waals surface area contributed by atoms with Crippen molar-refractivity contribution in [3.05, 3.63) is 87.1 Å².